The Kier molecular flexibility index (Phi) is 5.41. The van der Waals surface area contributed by atoms with Crippen molar-refractivity contribution in [1.29, 1.82) is 0 Å². The van der Waals surface area contributed by atoms with Gasteiger partial charge in [-0.05, 0) is 38.3 Å². The molecule has 1 rings (SSSR count). The zero-order valence-corrected chi connectivity index (χ0v) is 14.9. The summed E-state index contributed by atoms with van der Waals surface area (Å²) in [6, 6.07) is 1.77. The number of halogens is 1. The van der Waals surface area contributed by atoms with E-state index >= 15 is 0 Å². The maximum atomic E-state index is 14.2. The lowest BCUT2D eigenvalue weighted by molar-refractivity contribution is -0.385. The van der Waals surface area contributed by atoms with Gasteiger partial charge in [0, 0.05) is 0 Å². The van der Waals surface area contributed by atoms with E-state index in [1.54, 1.807) is 20.8 Å². The van der Waals surface area contributed by atoms with E-state index in [0.717, 1.165) is 12.1 Å². The van der Waals surface area contributed by atoms with Crippen LogP contribution in [-0.4, -0.2) is 27.8 Å². The van der Waals surface area contributed by atoms with Crippen LogP contribution in [0.4, 0.5) is 25.4 Å². The molecule has 0 unspecified atom stereocenters. The van der Waals surface area contributed by atoms with E-state index in [0.29, 0.717) is 0 Å². The van der Waals surface area contributed by atoms with Crippen LogP contribution in [0.3, 0.4) is 0 Å². The minimum Gasteiger partial charge on any atom is -0.464 e. The average Bonchev–Trinajstić information content (AvgIpc) is 2.35. The smallest absolute Gasteiger partial charge is 0.424 e. The Balaban J connectivity index is 3.70. The monoisotopic (exact) mass is 356 g/mol. The Morgan fingerprint density at radius 1 is 1.20 bits per heavy atom. The van der Waals surface area contributed by atoms with E-state index < -0.39 is 45.3 Å². The first-order valence-electron chi connectivity index (χ1n) is 7.40. The highest BCUT2D eigenvalue weighted by Crippen LogP contribution is 2.40. The summed E-state index contributed by atoms with van der Waals surface area (Å²) >= 11 is 0. The summed E-state index contributed by atoms with van der Waals surface area (Å²) in [5.41, 5.74) is -3.68. The van der Waals surface area contributed by atoms with Gasteiger partial charge < -0.3 is 9.84 Å². The van der Waals surface area contributed by atoms with Gasteiger partial charge in [0.15, 0.2) is 0 Å². The predicted octanol–water partition coefficient (Wildman–Crippen LogP) is 4.45. The van der Waals surface area contributed by atoms with Gasteiger partial charge in [0.05, 0.1) is 10.5 Å². The number of hydrogen-bond donors (Lipinski definition) is 1. The Labute approximate surface area is 144 Å². The summed E-state index contributed by atoms with van der Waals surface area (Å²) in [5.74, 6) is -0.863. The number of imide groups is 1. The van der Waals surface area contributed by atoms with Gasteiger partial charge in [-0.25, -0.2) is 14.0 Å². The third-order valence-electron chi connectivity index (χ3n) is 3.05. The summed E-state index contributed by atoms with van der Waals surface area (Å²) in [6.07, 6.45) is -3.08. The van der Waals surface area contributed by atoms with Crippen molar-refractivity contribution in [2.24, 2.45) is 0 Å². The second-order valence-electron chi connectivity index (χ2n) is 7.40. The van der Waals surface area contributed by atoms with E-state index in [-0.39, 0.29) is 10.5 Å². The number of nitro groups is 1. The number of ether oxygens (including phenoxy) is 1. The number of carboxylic acid groups (broad SMARTS) is 1. The first-order valence-corrected chi connectivity index (χ1v) is 7.40. The van der Waals surface area contributed by atoms with Crippen molar-refractivity contribution in [3.8, 4) is 0 Å². The van der Waals surface area contributed by atoms with Gasteiger partial charge in [-0.3, -0.25) is 10.1 Å². The molecule has 8 nitrogen and oxygen atoms in total. The quantitative estimate of drug-likeness (QED) is 0.619. The molecule has 0 saturated carbocycles. The van der Waals surface area contributed by atoms with Crippen molar-refractivity contribution in [3.63, 3.8) is 0 Å². The number of amides is 2. The summed E-state index contributed by atoms with van der Waals surface area (Å²) in [7, 11) is 0. The van der Waals surface area contributed by atoms with Crippen LogP contribution >= 0.6 is 0 Å². The lowest BCUT2D eigenvalue weighted by Crippen LogP contribution is -2.40. The van der Waals surface area contributed by atoms with Crippen molar-refractivity contribution >= 4 is 23.6 Å². The molecule has 0 spiro atoms. The van der Waals surface area contributed by atoms with Gasteiger partial charge in [-0.2, -0.15) is 4.90 Å². The minimum atomic E-state index is -1.77. The molecule has 0 aliphatic heterocycles. The number of anilines is 1. The van der Waals surface area contributed by atoms with Gasteiger partial charge in [-0.1, -0.05) is 20.8 Å². The Morgan fingerprint density at radius 3 is 2.08 bits per heavy atom. The maximum Gasteiger partial charge on any atom is 0.424 e. The molecular formula is C16H21FN2O6. The van der Waals surface area contributed by atoms with Crippen molar-refractivity contribution in [2.75, 3.05) is 4.90 Å². The summed E-state index contributed by atoms with van der Waals surface area (Å²) in [5, 5.41) is 20.9. The van der Waals surface area contributed by atoms with Crippen molar-refractivity contribution in [2.45, 2.75) is 52.6 Å². The van der Waals surface area contributed by atoms with Crippen LogP contribution in [0.1, 0.15) is 47.1 Å². The number of hydrogen-bond acceptors (Lipinski definition) is 5. The molecule has 0 saturated heterocycles. The molecule has 1 aromatic rings. The number of rotatable bonds is 2. The minimum absolute atomic E-state index is 0.109. The molecule has 0 aliphatic carbocycles. The van der Waals surface area contributed by atoms with Crippen LogP contribution in [0.2, 0.25) is 0 Å². The van der Waals surface area contributed by atoms with Gasteiger partial charge >= 0.3 is 12.2 Å². The number of benzene rings is 1. The van der Waals surface area contributed by atoms with E-state index in [1.807, 2.05) is 0 Å². The van der Waals surface area contributed by atoms with Crippen LogP contribution in [0.5, 0.6) is 0 Å². The zero-order chi connectivity index (χ0) is 19.7. The van der Waals surface area contributed by atoms with Crippen LogP contribution in [-0.2, 0) is 10.2 Å². The first-order chi connectivity index (χ1) is 11.2. The summed E-state index contributed by atoms with van der Waals surface area (Å²) in [4.78, 5) is 34.5. The Morgan fingerprint density at radius 2 is 1.72 bits per heavy atom. The van der Waals surface area contributed by atoms with E-state index in [2.05, 4.69) is 0 Å². The number of carbonyl (C=O) groups is 2. The van der Waals surface area contributed by atoms with E-state index in [9.17, 15) is 29.2 Å². The maximum absolute atomic E-state index is 14.2. The van der Waals surface area contributed by atoms with Gasteiger partial charge in [-0.15, -0.1) is 0 Å². The Hall–Kier alpha value is -2.71. The van der Waals surface area contributed by atoms with Crippen molar-refractivity contribution in [1.82, 2.24) is 0 Å². The van der Waals surface area contributed by atoms with Crippen LogP contribution < -0.4 is 4.90 Å². The molecule has 0 aromatic heterocycles. The zero-order valence-electron chi connectivity index (χ0n) is 14.9. The van der Waals surface area contributed by atoms with Crippen molar-refractivity contribution < 1.29 is 28.7 Å². The topological polar surface area (TPSA) is 110 Å². The molecule has 138 valence electrons. The van der Waals surface area contributed by atoms with Gasteiger partial charge in [0.25, 0.3) is 5.69 Å². The lowest BCUT2D eigenvalue weighted by Gasteiger charge is -2.26. The predicted molar refractivity (Wildman–Crippen MR) is 88.5 cm³/mol. The molecule has 0 fully saturated rings. The molecular weight excluding hydrogens is 335 g/mol. The fourth-order valence-corrected chi connectivity index (χ4v) is 2.22. The summed E-state index contributed by atoms with van der Waals surface area (Å²) in [6.45, 7) is 9.18. The SMILES string of the molecule is CC(C)(C)OC(=O)N(C(=O)O)c1ccc(F)c(C(C)(C)C)c1[N+](=O)[O-]. The van der Waals surface area contributed by atoms with Crippen LogP contribution in [0, 0.1) is 15.9 Å². The lowest BCUT2D eigenvalue weighted by atomic mass is 9.84. The van der Waals surface area contributed by atoms with Crippen molar-refractivity contribution in [3.05, 3.63) is 33.6 Å². The number of nitrogens with zero attached hydrogens (tertiary/aromatic N) is 2. The molecule has 0 bridgehead atoms. The number of nitro benzene ring substituents is 1. The average molecular weight is 356 g/mol. The molecule has 25 heavy (non-hydrogen) atoms. The molecule has 0 atom stereocenters. The summed E-state index contributed by atoms with van der Waals surface area (Å²) < 4.78 is 19.2. The Bertz CT molecular complexity index is 719. The molecule has 2 amide bonds. The third kappa shape index (κ3) is 4.65. The highest BCUT2D eigenvalue weighted by Gasteiger charge is 2.39. The number of carbonyl (C=O) groups excluding carboxylic acids is 1. The standard InChI is InChI=1S/C16H21FN2O6/c1-15(2,3)11-9(17)7-8-10(12(11)19(23)24)18(13(20)21)14(22)25-16(4,5)6/h7-8H,1-6H3,(H,20,21). The normalized spacial score (nSPS) is 11.8. The fraction of sp³-hybridized carbons (Fsp3) is 0.500. The van der Waals surface area contributed by atoms with Gasteiger partial charge in [0.1, 0.15) is 17.1 Å². The highest BCUT2D eigenvalue weighted by molar-refractivity contribution is 6.10. The largest absolute Gasteiger partial charge is 0.464 e. The molecule has 0 aliphatic rings. The molecule has 0 heterocycles. The van der Waals surface area contributed by atoms with Gasteiger partial charge in [0.2, 0.25) is 0 Å². The first kappa shape index (κ1) is 20.3. The fourth-order valence-electron chi connectivity index (χ4n) is 2.22. The molecule has 9 heteroatoms. The van der Waals surface area contributed by atoms with Crippen LogP contribution in [0.25, 0.3) is 0 Å². The highest BCUT2D eigenvalue weighted by atomic mass is 19.1. The van der Waals surface area contributed by atoms with E-state index in [4.69, 9.17) is 4.74 Å². The third-order valence-corrected chi connectivity index (χ3v) is 3.05. The second-order valence-corrected chi connectivity index (χ2v) is 7.40. The van der Waals surface area contributed by atoms with Crippen LogP contribution in [0.15, 0.2) is 12.1 Å². The second kappa shape index (κ2) is 6.66. The van der Waals surface area contributed by atoms with E-state index in [1.165, 1.54) is 20.8 Å². The molecule has 0 radical (unpaired) electrons. The molecule has 1 aromatic carbocycles. The molecule has 1 N–H and O–H groups in total.